The fourth-order valence-corrected chi connectivity index (χ4v) is 6.46. The first-order valence-electron chi connectivity index (χ1n) is 11.5. The summed E-state index contributed by atoms with van der Waals surface area (Å²) in [6.07, 6.45) is 0.0564. The molecule has 3 aromatic carbocycles. The largest absolute Gasteiger partial charge is 0.324 e. The highest BCUT2D eigenvalue weighted by molar-refractivity contribution is 6.24. The van der Waals surface area contributed by atoms with E-state index in [1.54, 1.807) is 0 Å². The van der Waals surface area contributed by atoms with Crippen molar-refractivity contribution in [1.29, 1.82) is 0 Å². The number of carbonyl (C=O) groups excluding carboxylic acids is 3. The van der Waals surface area contributed by atoms with Crippen LogP contribution >= 0.6 is 0 Å². The molecule has 3 heterocycles. The van der Waals surface area contributed by atoms with Gasteiger partial charge in [0.2, 0.25) is 17.7 Å². The molecule has 3 amide bonds. The van der Waals surface area contributed by atoms with Gasteiger partial charge in [-0.1, -0.05) is 66.2 Å². The van der Waals surface area contributed by atoms with Gasteiger partial charge in [0, 0.05) is 30.1 Å². The van der Waals surface area contributed by atoms with Crippen molar-refractivity contribution in [3.8, 4) is 0 Å². The molecule has 2 fully saturated rings. The highest BCUT2D eigenvalue weighted by Gasteiger charge is 2.72. The third-order valence-electron chi connectivity index (χ3n) is 7.79. The Kier molecular flexibility index (Phi) is 4.35. The molecule has 1 N–H and O–H groups in total. The average molecular weight is 452 g/mol. The zero-order chi connectivity index (χ0) is 23.7. The highest BCUT2D eigenvalue weighted by Crippen LogP contribution is 2.64. The van der Waals surface area contributed by atoms with E-state index in [1.807, 2.05) is 97.7 Å². The Hall–Kier alpha value is -3.77. The van der Waals surface area contributed by atoms with E-state index >= 15 is 0 Å². The van der Waals surface area contributed by atoms with Crippen LogP contribution in [0.3, 0.4) is 0 Å². The second kappa shape index (κ2) is 7.11. The van der Waals surface area contributed by atoms with E-state index in [4.69, 9.17) is 0 Å². The van der Waals surface area contributed by atoms with E-state index in [-0.39, 0.29) is 24.1 Å². The molecular weight excluding hydrogens is 426 g/mol. The molecule has 2 saturated heterocycles. The number of nitrogens with one attached hydrogen (secondary N) is 1. The summed E-state index contributed by atoms with van der Waals surface area (Å²) in [5.41, 5.74) is 1.96. The summed E-state index contributed by atoms with van der Waals surface area (Å²) in [6, 6.07) is 24.8. The minimum absolute atomic E-state index is 0.0564. The van der Waals surface area contributed by atoms with Gasteiger partial charge >= 0.3 is 0 Å². The Labute approximate surface area is 198 Å². The molecule has 0 unspecified atom stereocenters. The number of aryl methyl sites for hydroxylation is 1. The van der Waals surface area contributed by atoms with E-state index in [1.165, 1.54) is 4.90 Å². The molecule has 3 aliphatic heterocycles. The molecule has 0 aromatic heterocycles. The first kappa shape index (κ1) is 20.8. The average Bonchev–Trinajstić information content (AvgIpc) is 3.37. The van der Waals surface area contributed by atoms with Gasteiger partial charge in [0.15, 0.2) is 0 Å². The van der Waals surface area contributed by atoms with Crippen LogP contribution in [0.4, 0.5) is 11.4 Å². The van der Waals surface area contributed by atoms with Crippen LogP contribution < -0.4 is 10.2 Å². The lowest BCUT2D eigenvalue weighted by atomic mass is 9.64. The third kappa shape index (κ3) is 2.51. The number of likely N-dealkylation sites (N-methyl/N-ethyl adjacent to an activating group) is 1. The SMILES string of the molecule is Cc1ccc(N2C(=O)C[C@]3(CN(C)[C@@]4(C(=O)Nc5ccccc54)[C@H]3c3ccccc3)C2=O)cc1. The second-order valence-electron chi connectivity index (χ2n) is 9.67. The number of imide groups is 1. The van der Waals surface area contributed by atoms with Gasteiger partial charge in [0.25, 0.3) is 0 Å². The number of nitrogens with zero attached hydrogens (tertiary/aromatic N) is 2. The Balaban J connectivity index is 1.58. The van der Waals surface area contributed by atoms with Crippen LogP contribution in [-0.4, -0.2) is 36.2 Å². The normalized spacial score (nSPS) is 28.2. The smallest absolute Gasteiger partial charge is 0.250 e. The zero-order valence-electron chi connectivity index (χ0n) is 19.1. The zero-order valence-corrected chi connectivity index (χ0v) is 19.1. The molecule has 6 heteroatoms. The molecular formula is C28H25N3O3. The summed E-state index contributed by atoms with van der Waals surface area (Å²) in [6.45, 7) is 2.28. The molecule has 3 aliphatic rings. The molecule has 3 atom stereocenters. The Bertz CT molecular complexity index is 1340. The van der Waals surface area contributed by atoms with Crippen LogP contribution in [-0.2, 0) is 19.9 Å². The van der Waals surface area contributed by atoms with Gasteiger partial charge in [0.1, 0.15) is 5.54 Å². The number of rotatable bonds is 2. The van der Waals surface area contributed by atoms with Gasteiger partial charge in [-0.25, -0.2) is 4.90 Å². The van der Waals surface area contributed by atoms with Crippen molar-refractivity contribution in [3.05, 3.63) is 95.6 Å². The van der Waals surface area contributed by atoms with Gasteiger partial charge < -0.3 is 5.32 Å². The Morgan fingerprint density at radius 3 is 2.29 bits per heavy atom. The number of fused-ring (bicyclic) bond motifs is 2. The number of likely N-dealkylation sites (tertiary alicyclic amines) is 1. The maximum Gasteiger partial charge on any atom is 0.250 e. The fraction of sp³-hybridized carbons (Fsp3) is 0.250. The van der Waals surface area contributed by atoms with Crippen LogP contribution in [0.15, 0.2) is 78.9 Å². The lowest BCUT2D eigenvalue weighted by Crippen LogP contribution is -2.49. The van der Waals surface area contributed by atoms with Crippen molar-refractivity contribution in [3.63, 3.8) is 0 Å². The van der Waals surface area contributed by atoms with Crippen LogP contribution in [0, 0.1) is 12.3 Å². The van der Waals surface area contributed by atoms with Crippen molar-refractivity contribution in [2.75, 3.05) is 23.8 Å². The first-order valence-corrected chi connectivity index (χ1v) is 11.5. The number of para-hydroxylation sites is 1. The summed E-state index contributed by atoms with van der Waals surface area (Å²) < 4.78 is 0. The van der Waals surface area contributed by atoms with Crippen LogP contribution in [0.1, 0.15) is 29.0 Å². The number of amides is 3. The molecule has 0 radical (unpaired) electrons. The lowest BCUT2D eigenvalue weighted by Gasteiger charge is -2.38. The van der Waals surface area contributed by atoms with Crippen molar-refractivity contribution >= 4 is 29.1 Å². The lowest BCUT2D eigenvalue weighted by molar-refractivity contribution is -0.127. The maximum absolute atomic E-state index is 14.3. The summed E-state index contributed by atoms with van der Waals surface area (Å²) in [5.74, 6) is -1.15. The van der Waals surface area contributed by atoms with Gasteiger partial charge in [-0.2, -0.15) is 0 Å². The molecule has 2 spiro atoms. The predicted octanol–water partition coefficient (Wildman–Crippen LogP) is 3.82. The predicted molar refractivity (Wildman–Crippen MR) is 129 cm³/mol. The quantitative estimate of drug-likeness (QED) is 0.602. The standard InChI is InChI=1S/C28H25N3O3/c1-18-12-14-20(15-13-18)31-23(32)16-27(26(31)34)17-30(2)28(24(27)19-8-4-3-5-9-19)21-10-6-7-11-22(21)29-25(28)33/h3-15,24H,16-17H2,1-2H3,(H,29,33)/t24-,27+,28+/m0/s1. The number of hydrogen-bond acceptors (Lipinski definition) is 4. The van der Waals surface area contributed by atoms with Gasteiger partial charge in [-0.3, -0.25) is 19.3 Å². The number of benzene rings is 3. The number of hydrogen-bond donors (Lipinski definition) is 1. The van der Waals surface area contributed by atoms with Crippen molar-refractivity contribution in [2.45, 2.75) is 24.8 Å². The maximum atomic E-state index is 14.3. The minimum atomic E-state index is -1.09. The van der Waals surface area contributed by atoms with Crippen LogP contribution in [0.2, 0.25) is 0 Å². The van der Waals surface area contributed by atoms with Gasteiger partial charge in [-0.15, -0.1) is 0 Å². The third-order valence-corrected chi connectivity index (χ3v) is 7.79. The molecule has 0 saturated carbocycles. The Morgan fingerprint density at radius 1 is 0.882 bits per heavy atom. The molecule has 0 bridgehead atoms. The highest BCUT2D eigenvalue weighted by atomic mass is 16.2. The topological polar surface area (TPSA) is 69.7 Å². The van der Waals surface area contributed by atoms with Crippen molar-refractivity contribution in [1.82, 2.24) is 4.90 Å². The molecule has 6 nitrogen and oxygen atoms in total. The van der Waals surface area contributed by atoms with E-state index in [0.29, 0.717) is 12.2 Å². The van der Waals surface area contributed by atoms with Crippen molar-refractivity contribution in [2.24, 2.45) is 5.41 Å². The fourth-order valence-electron chi connectivity index (χ4n) is 6.46. The monoisotopic (exact) mass is 451 g/mol. The van der Waals surface area contributed by atoms with E-state index in [0.717, 1.165) is 22.4 Å². The van der Waals surface area contributed by atoms with Gasteiger partial charge in [0.05, 0.1) is 11.1 Å². The second-order valence-corrected chi connectivity index (χ2v) is 9.67. The Morgan fingerprint density at radius 2 is 1.56 bits per heavy atom. The van der Waals surface area contributed by atoms with E-state index < -0.39 is 16.9 Å². The van der Waals surface area contributed by atoms with E-state index in [2.05, 4.69) is 5.32 Å². The van der Waals surface area contributed by atoms with Crippen molar-refractivity contribution < 1.29 is 14.4 Å². The molecule has 170 valence electrons. The molecule has 34 heavy (non-hydrogen) atoms. The number of anilines is 2. The summed E-state index contributed by atoms with van der Waals surface area (Å²) in [5, 5.41) is 3.05. The molecule has 0 aliphatic carbocycles. The van der Waals surface area contributed by atoms with E-state index in [9.17, 15) is 14.4 Å². The van der Waals surface area contributed by atoms with Crippen LogP contribution in [0.5, 0.6) is 0 Å². The molecule has 6 rings (SSSR count). The number of carbonyl (C=O) groups is 3. The summed E-state index contributed by atoms with van der Waals surface area (Å²) >= 11 is 0. The summed E-state index contributed by atoms with van der Waals surface area (Å²) in [7, 11) is 1.89. The molecule has 3 aromatic rings. The summed E-state index contributed by atoms with van der Waals surface area (Å²) in [4.78, 5) is 44.8. The first-order chi connectivity index (χ1) is 16.4. The minimum Gasteiger partial charge on any atom is -0.324 e. The van der Waals surface area contributed by atoms with Gasteiger partial charge in [-0.05, 0) is 37.7 Å². The van der Waals surface area contributed by atoms with Crippen LogP contribution in [0.25, 0.3) is 0 Å².